The maximum absolute atomic E-state index is 6.13. The van der Waals surface area contributed by atoms with Crippen molar-refractivity contribution in [2.75, 3.05) is 12.3 Å². The fourth-order valence-electron chi connectivity index (χ4n) is 2.47. The summed E-state index contributed by atoms with van der Waals surface area (Å²) in [5.41, 5.74) is 2.54. The summed E-state index contributed by atoms with van der Waals surface area (Å²) >= 11 is 9.78. The van der Waals surface area contributed by atoms with Gasteiger partial charge in [0, 0.05) is 34.3 Å². The van der Waals surface area contributed by atoms with Gasteiger partial charge in [0.2, 0.25) is 0 Å². The average Bonchev–Trinajstić information content (AvgIpc) is 2.85. The number of fused-ring (bicyclic) bond motifs is 1. The van der Waals surface area contributed by atoms with Gasteiger partial charge in [-0.1, -0.05) is 11.6 Å². The minimum Gasteiger partial charge on any atom is -0.309 e. The van der Waals surface area contributed by atoms with E-state index < -0.39 is 0 Å². The fourth-order valence-corrected chi connectivity index (χ4v) is 4.41. The third-order valence-corrected chi connectivity index (χ3v) is 5.63. The molecule has 2 heterocycles. The maximum Gasteiger partial charge on any atom is 0.0897 e. The predicted octanol–water partition coefficient (Wildman–Crippen LogP) is 4.47. The quantitative estimate of drug-likeness (QED) is 0.898. The second-order valence-electron chi connectivity index (χ2n) is 4.93. The van der Waals surface area contributed by atoms with Crippen LogP contribution in [0.5, 0.6) is 0 Å². The van der Waals surface area contributed by atoms with Gasteiger partial charge in [0.15, 0.2) is 0 Å². The minimum absolute atomic E-state index is 0.421. The van der Waals surface area contributed by atoms with E-state index in [1.54, 1.807) is 11.3 Å². The number of rotatable bonds is 4. The predicted molar refractivity (Wildman–Crippen MR) is 88.1 cm³/mol. The van der Waals surface area contributed by atoms with Crippen LogP contribution in [0.25, 0.3) is 0 Å². The lowest BCUT2D eigenvalue weighted by Gasteiger charge is -2.26. The molecule has 1 unspecified atom stereocenters. The topological polar surface area (TPSA) is 24.9 Å². The molecule has 0 radical (unpaired) electrons. The van der Waals surface area contributed by atoms with Crippen LogP contribution in [0.2, 0.25) is 5.02 Å². The lowest BCUT2D eigenvalue weighted by molar-refractivity contribution is 0.512. The smallest absolute Gasteiger partial charge is 0.0897 e. The molecule has 0 saturated heterocycles. The third-order valence-electron chi connectivity index (χ3n) is 3.45. The fraction of sp³-hybridized carbons (Fsp3) is 0.400. The minimum atomic E-state index is 0.421. The highest BCUT2D eigenvalue weighted by Crippen LogP contribution is 2.37. The molecular weight excluding hydrogens is 308 g/mol. The molecule has 1 aliphatic heterocycles. The van der Waals surface area contributed by atoms with E-state index in [4.69, 9.17) is 11.6 Å². The number of halogens is 1. The van der Waals surface area contributed by atoms with Gasteiger partial charge in [0.1, 0.15) is 0 Å². The van der Waals surface area contributed by atoms with E-state index in [0.717, 1.165) is 29.4 Å². The highest BCUT2D eigenvalue weighted by molar-refractivity contribution is 7.99. The molecule has 1 aliphatic rings. The zero-order valence-corrected chi connectivity index (χ0v) is 13.7. The van der Waals surface area contributed by atoms with Crippen molar-refractivity contribution in [3.05, 3.63) is 44.9 Å². The monoisotopic (exact) mass is 324 g/mol. The standard InChI is InChI=1S/C15H17ClN2S2/c1-10-18-12(9-20-10)4-6-17-14-5-7-19-15-3-2-11(16)8-13(14)15/h2-3,8-9,14,17H,4-7H2,1H3. The molecular formula is C15H17ClN2S2. The van der Waals surface area contributed by atoms with E-state index in [1.165, 1.54) is 21.9 Å². The molecule has 0 amide bonds. The Balaban J connectivity index is 1.63. The molecule has 0 saturated carbocycles. The van der Waals surface area contributed by atoms with Crippen LogP contribution in [-0.2, 0) is 6.42 Å². The summed E-state index contributed by atoms with van der Waals surface area (Å²) in [6.45, 7) is 3.02. The zero-order chi connectivity index (χ0) is 13.9. The number of aryl methyl sites for hydroxylation is 1. The van der Waals surface area contributed by atoms with Gasteiger partial charge < -0.3 is 5.32 Å². The summed E-state index contributed by atoms with van der Waals surface area (Å²) in [5, 5.41) is 7.78. The van der Waals surface area contributed by atoms with Gasteiger partial charge in [-0.3, -0.25) is 0 Å². The van der Waals surface area contributed by atoms with Crippen molar-refractivity contribution in [1.29, 1.82) is 0 Å². The first kappa shape index (κ1) is 14.4. The van der Waals surface area contributed by atoms with Gasteiger partial charge in [-0.25, -0.2) is 4.98 Å². The van der Waals surface area contributed by atoms with Crippen LogP contribution in [0, 0.1) is 6.92 Å². The molecule has 0 aliphatic carbocycles. The molecule has 3 rings (SSSR count). The maximum atomic E-state index is 6.13. The summed E-state index contributed by atoms with van der Waals surface area (Å²) < 4.78 is 0. The van der Waals surface area contributed by atoms with Crippen molar-refractivity contribution in [3.8, 4) is 0 Å². The lowest BCUT2D eigenvalue weighted by atomic mass is 10.0. The van der Waals surface area contributed by atoms with E-state index >= 15 is 0 Å². The molecule has 20 heavy (non-hydrogen) atoms. The molecule has 2 nitrogen and oxygen atoms in total. The van der Waals surface area contributed by atoms with Crippen LogP contribution >= 0.6 is 34.7 Å². The van der Waals surface area contributed by atoms with Crippen molar-refractivity contribution in [1.82, 2.24) is 10.3 Å². The van der Waals surface area contributed by atoms with Gasteiger partial charge in [-0.2, -0.15) is 0 Å². The molecule has 0 fully saturated rings. The number of thiazole rings is 1. The SMILES string of the molecule is Cc1nc(CCNC2CCSc3ccc(Cl)cc32)cs1. The number of nitrogens with zero attached hydrogens (tertiary/aromatic N) is 1. The second-order valence-corrected chi connectivity index (χ2v) is 7.57. The number of aromatic nitrogens is 1. The summed E-state index contributed by atoms with van der Waals surface area (Å²) in [7, 11) is 0. The Labute approximate surface area is 133 Å². The molecule has 1 atom stereocenters. The van der Waals surface area contributed by atoms with Crippen LogP contribution in [-0.4, -0.2) is 17.3 Å². The van der Waals surface area contributed by atoms with Crippen molar-refractivity contribution in [2.24, 2.45) is 0 Å². The largest absolute Gasteiger partial charge is 0.309 e. The Morgan fingerprint density at radius 1 is 1.45 bits per heavy atom. The van der Waals surface area contributed by atoms with Gasteiger partial charge in [0.25, 0.3) is 0 Å². The first-order valence-corrected chi connectivity index (χ1v) is 9.03. The van der Waals surface area contributed by atoms with Crippen molar-refractivity contribution in [2.45, 2.75) is 30.7 Å². The van der Waals surface area contributed by atoms with E-state index in [1.807, 2.05) is 17.8 Å². The number of benzene rings is 1. The number of hydrogen-bond acceptors (Lipinski definition) is 4. The lowest BCUT2D eigenvalue weighted by Crippen LogP contribution is -2.26. The van der Waals surface area contributed by atoms with Gasteiger partial charge in [-0.05, 0) is 42.9 Å². The van der Waals surface area contributed by atoms with Crippen LogP contribution in [0.3, 0.4) is 0 Å². The van der Waals surface area contributed by atoms with E-state index in [9.17, 15) is 0 Å². The van der Waals surface area contributed by atoms with Crippen molar-refractivity contribution < 1.29 is 0 Å². The zero-order valence-electron chi connectivity index (χ0n) is 11.4. The first-order valence-electron chi connectivity index (χ1n) is 6.79. The Kier molecular flexibility index (Phi) is 4.66. The Hall–Kier alpha value is -0.550. The van der Waals surface area contributed by atoms with Gasteiger partial charge >= 0.3 is 0 Å². The summed E-state index contributed by atoms with van der Waals surface area (Å²) in [6.07, 6.45) is 2.15. The molecule has 5 heteroatoms. The molecule has 2 aromatic rings. The number of nitrogens with one attached hydrogen (secondary N) is 1. The Morgan fingerprint density at radius 2 is 2.35 bits per heavy atom. The normalized spacial score (nSPS) is 18.0. The summed E-state index contributed by atoms with van der Waals surface area (Å²) in [5.74, 6) is 1.17. The molecule has 1 aromatic carbocycles. The van der Waals surface area contributed by atoms with E-state index in [-0.39, 0.29) is 0 Å². The molecule has 0 spiro atoms. The Bertz CT molecular complexity index is 597. The second kappa shape index (κ2) is 6.48. The van der Waals surface area contributed by atoms with Crippen LogP contribution < -0.4 is 5.32 Å². The highest BCUT2D eigenvalue weighted by atomic mass is 35.5. The van der Waals surface area contributed by atoms with Crippen LogP contribution in [0.1, 0.15) is 28.7 Å². The average molecular weight is 325 g/mol. The first-order chi connectivity index (χ1) is 9.72. The number of hydrogen-bond donors (Lipinski definition) is 1. The molecule has 1 N–H and O–H groups in total. The van der Waals surface area contributed by atoms with E-state index in [2.05, 4.69) is 34.7 Å². The van der Waals surface area contributed by atoms with Crippen LogP contribution in [0.4, 0.5) is 0 Å². The van der Waals surface area contributed by atoms with E-state index in [0.29, 0.717) is 6.04 Å². The molecule has 0 bridgehead atoms. The third kappa shape index (κ3) is 3.37. The van der Waals surface area contributed by atoms with Gasteiger partial charge in [-0.15, -0.1) is 23.1 Å². The summed E-state index contributed by atoms with van der Waals surface area (Å²) in [4.78, 5) is 5.87. The van der Waals surface area contributed by atoms with Gasteiger partial charge in [0.05, 0.1) is 10.7 Å². The van der Waals surface area contributed by atoms with Crippen LogP contribution in [0.15, 0.2) is 28.5 Å². The molecule has 106 valence electrons. The Morgan fingerprint density at radius 3 is 3.15 bits per heavy atom. The number of thioether (sulfide) groups is 1. The van der Waals surface area contributed by atoms with Crippen molar-refractivity contribution in [3.63, 3.8) is 0 Å². The molecule has 1 aromatic heterocycles. The highest BCUT2D eigenvalue weighted by Gasteiger charge is 2.20. The van der Waals surface area contributed by atoms with Crippen molar-refractivity contribution >= 4 is 34.7 Å². The summed E-state index contributed by atoms with van der Waals surface area (Å²) in [6, 6.07) is 6.64.